The fraction of sp³-hybridized carbons (Fsp3) is 0.280. The molecule has 158 valence electrons. The van der Waals surface area contributed by atoms with Crippen molar-refractivity contribution in [3.05, 3.63) is 71.9 Å². The van der Waals surface area contributed by atoms with E-state index in [0.29, 0.717) is 11.6 Å². The maximum Gasteiger partial charge on any atom is 0.236 e. The number of hydrogen-bond acceptors (Lipinski definition) is 5. The molecule has 2 heterocycles. The molecule has 1 N–H and O–H groups in total. The van der Waals surface area contributed by atoms with Crippen LogP contribution in [0.1, 0.15) is 24.0 Å². The molecular formula is C25H25N3O3. The van der Waals surface area contributed by atoms with Crippen molar-refractivity contribution in [3.8, 4) is 22.6 Å². The molecular weight excluding hydrogens is 390 g/mol. The number of rotatable bonds is 6. The van der Waals surface area contributed by atoms with E-state index in [0.717, 1.165) is 41.8 Å². The van der Waals surface area contributed by atoms with Gasteiger partial charge in [0.25, 0.3) is 0 Å². The Morgan fingerprint density at radius 2 is 1.87 bits per heavy atom. The van der Waals surface area contributed by atoms with E-state index in [1.807, 2.05) is 36.5 Å². The van der Waals surface area contributed by atoms with E-state index >= 15 is 0 Å². The first-order chi connectivity index (χ1) is 15.0. The molecule has 5 rings (SSSR count). The Hall–Kier alpha value is -3.38. The third-order valence-electron chi connectivity index (χ3n) is 5.87. The lowest BCUT2D eigenvalue weighted by atomic mass is 9.94. The third-order valence-corrected chi connectivity index (χ3v) is 5.87. The number of aromatic nitrogens is 1. The van der Waals surface area contributed by atoms with Gasteiger partial charge in [-0.25, -0.2) is 4.98 Å². The van der Waals surface area contributed by atoms with Crippen molar-refractivity contribution in [1.82, 2.24) is 9.88 Å². The van der Waals surface area contributed by atoms with Gasteiger partial charge in [0, 0.05) is 18.3 Å². The summed E-state index contributed by atoms with van der Waals surface area (Å²) in [6.07, 6.45) is 3.44. The lowest BCUT2D eigenvalue weighted by Crippen LogP contribution is -2.28. The Balaban J connectivity index is 1.30. The Morgan fingerprint density at radius 3 is 2.61 bits per heavy atom. The molecule has 0 spiro atoms. The first kappa shape index (κ1) is 19.6. The summed E-state index contributed by atoms with van der Waals surface area (Å²) in [5, 5.41) is 3.00. The van der Waals surface area contributed by atoms with E-state index in [9.17, 15) is 4.79 Å². The summed E-state index contributed by atoms with van der Waals surface area (Å²) in [6.45, 7) is 1.11. The monoisotopic (exact) mass is 415 g/mol. The zero-order valence-electron chi connectivity index (χ0n) is 17.7. The average Bonchev–Trinajstić information content (AvgIpc) is 3.45. The molecule has 6 nitrogen and oxygen atoms in total. The van der Waals surface area contributed by atoms with Crippen LogP contribution in [0.4, 0.5) is 5.82 Å². The van der Waals surface area contributed by atoms with Crippen molar-refractivity contribution in [1.29, 1.82) is 0 Å². The zero-order valence-corrected chi connectivity index (χ0v) is 17.7. The molecule has 1 fully saturated rings. The molecule has 3 aromatic rings. The van der Waals surface area contributed by atoms with Crippen LogP contribution in [0.15, 0.2) is 60.8 Å². The van der Waals surface area contributed by atoms with Gasteiger partial charge in [-0.2, -0.15) is 0 Å². The highest BCUT2D eigenvalue weighted by Gasteiger charge is 2.51. The number of benzene rings is 2. The number of ether oxygens (including phenoxy) is 2. The number of carbonyl (C=O) groups is 1. The molecule has 1 aromatic heterocycles. The maximum absolute atomic E-state index is 13.1. The summed E-state index contributed by atoms with van der Waals surface area (Å²) in [6, 6.07) is 18.1. The van der Waals surface area contributed by atoms with Crippen molar-refractivity contribution in [3.63, 3.8) is 0 Å². The predicted molar refractivity (Wildman–Crippen MR) is 119 cm³/mol. The van der Waals surface area contributed by atoms with Crippen molar-refractivity contribution in [2.24, 2.45) is 0 Å². The first-order valence-electron chi connectivity index (χ1n) is 10.5. The molecule has 0 bridgehead atoms. The molecule has 1 aliphatic carbocycles. The van der Waals surface area contributed by atoms with Gasteiger partial charge in [0.05, 0.1) is 5.41 Å². The number of anilines is 1. The fourth-order valence-corrected chi connectivity index (χ4v) is 4.05. The highest BCUT2D eigenvalue weighted by Crippen LogP contribution is 2.51. The fourth-order valence-electron chi connectivity index (χ4n) is 4.05. The Labute approximate surface area is 181 Å². The Bertz CT molecular complexity index is 1120. The van der Waals surface area contributed by atoms with Crippen LogP contribution in [-0.2, 0) is 16.8 Å². The topological polar surface area (TPSA) is 63.7 Å². The van der Waals surface area contributed by atoms with Crippen LogP contribution in [0.3, 0.4) is 0 Å². The highest BCUT2D eigenvalue weighted by atomic mass is 16.7. The van der Waals surface area contributed by atoms with Gasteiger partial charge < -0.3 is 19.7 Å². The van der Waals surface area contributed by atoms with Gasteiger partial charge in [-0.05, 0) is 74.0 Å². The van der Waals surface area contributed by atoms with Crippen molar-refractivity contribution < 1.29 is 14.3 Å². The van der Waals surface area contributed by atoms with Crippen LogP contribution in [0.25, 0.3) is 11.1 Å². The molecule has 2 aromatic carbocycles. The molecule has 1 amide bonds. The van der Waals surface area contributed by atoms with E-state index in [1.54, 1.807) is 0 Å². The second kappa shape index (κ2) is 7.71. The smallest absolute Gasteiger partial charge is 0.236 e. The van der Waals surface area contributed by atoms with E-state index in [-0.39, 0.29) is 12.7 Å². The molecule has 0 unspecified atom stereocenters. The zero-order chi connectivity index (χ0) is 21.4. The number of fused-ring (bicyclic) bond motifs is 1. The summed E-state index contributed by atoms with van der Waals surface area (Å²) in [5.41, 5.74) is 3.84. The van der Waals surface area contributed by atoms with Gasteiger partial charge in [-0.1, -0.05) is 24.3 Å². The average molecular weight is 415 g/mol. The van der Waals surface area contributed by atoms with E-state index in [4.69, 9.17) is 9.47 Å². The molecule has 2 aliphatic rings. The maximum atomic E-state index is 13.1. The van der Waals surface area contributed by atoms with Gasteiger partial charge in [-0.15, -0.1) is 0 Å². The second-order valence-corrected chi connectivity index (χ2v) is 8.47. The standard InChI is InChI=1S/C25H25N3O3/c1-28(2)15-17-4-3-5-18(12-17)19-6-9-23(26-14-19)27-24(29)25(10-11-25)20-7-8-21-22(13-20)31-16-30-21/h3-9,12-14H,10-11,15-16H2,1-2H3,(H,26,27,29). The summed E-state index contributed by atoms with van der Waals surface area (Å²) >= 11 is 0. The summed E-state index contributed by atoms with van der Waals surface area (Å²) in [5.74, 6) is 1.97. The lowest BCUT2D eigenvalue weighted by Gasteiger charge is -2.16. The molecule has 0 atom stereocenters. The van der Waals surface area contributed by atoms with Crippen LogP contribution in [-0.4, -0.2) is 36.7 Å². The molecule has 31 heavy (non-hydrogen) atoms. The number of carbonyl (C=O) groups excluding carboxylic acids is 1. The SMILES string of the molecule is CN(C)Cc1cccc(-c2ccc(NC(=O)C3(c4ccc5c(c4)OCO5)CC3)nc2)c1. The van der Waals surface area contributed by atoms with Crippen LogP contribution in [0, 0.1) is 0 Å². The normalized spacial score (nSPS) is 15.7. The quantitative estimate of drug-likeness (QED) is 0.653. The van der Waals surface area contributed by atoms with E-state index in [2.05, 4.69) is 53.6 Å². The van der Waals surface area contributed by atoms with Gasteiger partial charge in [0.15, 0.2) is 11.5 Å². The molecule has 1 aliphatic heterocycles. The number of amides is 1. The Kier molecular flexibility index (Phi) is 4.87. The summed E-state index contributed by atoms with van der Waals surface area (Å²) < 4.78 is 10.9. The minimum Gasteiger partial charge on any atom is -0.454 e. The van der Waals surface area contributed by atoms with Crippen LogP contribution in [0.2, 0.25) is 0 Å². The van der Waals surface area contributed by atoms with Crippen molar-refractivity contribution >= 4 is 11.7 Å². The van der Waals surface area contributed by atoms with Crippen molar-refractivity contribution in [2.75, 3.05) is 26.2 Å². The number of nitrogens with zero attached hydrogens (tertiary/aromatic N) is 2. The van der Waals surface area contributed by atoms with Crippen LogP contribution >= 0.6 is 0 Å². The number of pyridine rings is 1. The van der Waals surface area contributed by atoms with Gasteiger partial charge in [0.1, 0.15) is 5.82 Å². The highest BCUT2D eigenvalue weighted by molar-refractivity contribution is 6.01. The van der Waals surface area contributed by atoms with Gasteiger partial charge >= 0.3 is 0 Å². The largest absolute Gasteiger partial charge is 0.454 e. The minimum atomic E-state index is -0.512. The molecule has 6 heteroatoms. The van der Waals surface area contributed by atoms with Crippen LogP contribution < -0.4 is 14.8 Å². The predicted octanol–water partition coefficient (Wildman–Crippen LogP) is 4.21. The third kappa shape index (κ3) is 3.86. The Morgan fingerprint density at radius 1 is 1.03 bits per heavy atom. The number of hydrogen-bond donors (Lipinski definition) is 1. The second-order valence-electron chi connectivity index (χ2n) is 8.47. The lowest BCUT2D eigenvalue weighted by molar-refractivity contribution is -0.118. The molecule has 0 radical (unpaired) electrons. The summed E-state index contributed by atoms with van der Waals surface area (Å²) in [7, 11) is 4.11. The summed E-state index contributed by atoms with van der Waals surface area (Å²) in [4.78, 5) is 19.7. The first-order valence-corrected chi connectivity index (χ1v) is 10.5. The van der Waals surface area contributed by atoms with Crippen molar-refractivity contribution in [2.45, 2.75) is 24.8 Å². The van der Waals surface area contributed by atoms with E-state index in [1.165, 1.54) is 5.56 Å². The molecule has 1 saturated carbocycles. The number of nitrogens with one attached hydrogen (secondary N) is 1. The van der Waals surface area contributed by atoms with Gasteiger partial charge in [0.2, 0.25) is 12.7 Å². The van der Waals surface area contributed by atoms with Crippen LogP contribution in [0.5, 0.6) is 11.5 Å². The van der Waals surface area contributed by atoms with E-state index < -0.39 is 5.41 Å². The van der Waals surface area contributed by atoms with Gasteiger partial charge in [-0.3, -0.25) is 4.79 Å². The minimum absolute atomic E-state index is 0.0282. The molecule has 0 saturated heterocycles.